The maximum atomic E-state index is 12.1. The van der Waals surface area contributed by atoms with Crippen LogP contribution in [0.1, 0.15) is 16.9 Å². The zero-order valence-electron chi connectivity index (χ0n) is 11.8. The number of ether oxygens (including phenoxy) is 1. The number of carboxylic acid groups (broad SMARTS) is 1. The predicted molar refractivity (Wildman–Crippen MR) is 72.9 cm³/mol. The van der Waals surface area contributed by atoms with Crippen LogP contribution in [0.4, 0.5) is 0 Å². The van der Waals surface area contributed by atoms with Gasteiger partial charge in [0.05, 0.1) is 25.8 Å². The van der Waals surface area contributed by atoms with Crippen molar-refractivity contribution in [2.24, 2.45) is 0 Å². The lowest BCUT2D eigenvalue weighted by atomic mass is 10.1. The molecular weight excluding hydrogens is 292 g/mol. The topological polar surface area (TPSA) is 122 Å². The Labute approximate surface area is 126 Å². The van der Waals surface area contributed by atoms with Crippen LogP contribution in [0.5, 0.6) is 0 Å². The van der Waals surface area contributed by atoms with Gasteiger partial charge in [-0.15, -0.1) is 0 Å². The molecule has 0 bridgehead atoms. The summed E-state index contributed by atoms with van der Waals surface area (Å²) in [5.74, 6) is -2.30. The van der Waals surface area contributed by atoms with Gasteiger partial charge in [-0.2, -0.15) is 0 Å². The third-order valence-electron chi connectivity index (χ3n) is 3.14. The highest BCUT2D eigenvalue weighted by atomic mass is 16.5. The number of morpholine rings is 1. The molecule has 1 unspecified atom stereocenters. The molecule has 2 N–H and O–H groups in total. The van der Waals surface area contributed by atoms with Gasteiger partial charge in [0.2, 0.25) is 5.91 Å². The van der Waals surface area contributed by atoms with Gasteiger partial charge in [0, 0.05) is 25.5 Å². The highest BCUT2D eigenvalue weighted by molar-refractivity contribution is 5.96. The highest BCUT2D eigenvalue weighted by Gasteiger charge is 2.27. The van der Waals surface area contributed by atoms with Crippen LogP contribution in [-0.4, -0.2) is 70.1 Å². The molecule has 2 rings (SSSR count). The van der Waals surface area contributed by atoms with Crippen molar-refractivity contribution >= 4 is 17.8 Å². The van der Waals surface area contributed by atoms with Crippen LogP contribution in [0.25, 0.3) is 0 Å². The Hall–Kier alpha value is -2.55. The summed E-state index contributed by atoms with van der Waals surface area (Å²) in [7, 11) is 0. The Kier molecular flexibility index (Phi) is 5.37. The Morgan fingerprint density at radius 3 is 2.64 bits per heavy atom. The van der Waals surface area contributed by atoms with Crippen LogP contribution in [0, 0.1) is 0 Å². The number of rotatable bonds is 5. The van der Waals surface area contributed by atoms with Crippen molar-refractivity contribution < 1.29 is 24.2 Å². The summed E-state index contributed by atoms with van der Waals surface area (Å²) in [6.45, 7) is 1.69. The summed E-state index contributed by atoms with van der Waals surface area (Å²) >= 11 is 0. The highest BCUT2D eigenvalue weighted by Crippen LogP contribution is 2.04. The first-order valence-corrected chi connectivity index (χ1v) is 6.73. The van der Waals surface area contributed by atoms with Gasteiger partial charge in [0.1, 0.15) is 11.7 Å². The first kappa shape index (κ1) is 15.8. The molecule has 9 heteroatoms. The molecule has 22 heavy (non-hydrogen) atoms. The minimum absolute atomic E-state index is 0.00688. The molecule has 1 aliphatic heterocycles. The van der Waals surface area contributed by atoms with Gasteiger partial charge >= 0.3 is 5.97 Å². The first-order chi connectivity index (χ1) is 10.6. The lowest BCUT2D eigenvalue weighted by Gasteiger charge is -2.28. The minimum atomic E-state index is -1.31. The molecule has 9 nitrogen and oxygen atoms in total. The largest absolute Gasteiger partial charge is 0.480 e. The van der Waals surface area contributed by atoms with E-state index in [0.29, 0.717) is 26.3 Å². The van der Waals surface area contributed by atoms with Crippen LogP contribution >= 0.6 is 0 Å². The molecule has 0 radical (unpaired) electrons. The molecule has 2 amide bonds. The summed E-state index contributed by atoms with van der Waals surface area (Å²) in [4.78, 5) is 44.2. The fourth-order valence-electron chi connectivity index (χ4n) is 1.97. The second-order valence-corrected chi connectivity index (χ2v) is 4.65. The second kappa shape index (κ2) is 7.46. The monoisotopic (exact) mass is 308 g/mol. The van der Waals surface area contributed by atoms with Crippen LogP contribution in [0.2, 0.25) is 0 Å². The lowest BCUT2D eigenvalue weighted by Crippen LogP contribution is -2.47. The molecule has 0 aliphatic carbocycles. The van der Waals surface area contributed by atoms with Crippen molar-refractivity contribution in [2.45, 2.75) is 12.5 Å². The van der Waals surface area contributed by atoms with E-state index in [1.54, 1.807) is 0 Å². The molecule has 2 heterocycles. The number of carboxylic acids is 1. The SMILES string of the molecule is O=C(NC(CC(=O)N1CCOCC1)C(=O)O)c1cnccn1. The maximum absolute atomic E-state index is 12.1. The van der Waals surface area contributed by atoms with E-state index in [9.17, 15) is 19.5 Å². The van der Waals surface area contributed by atoms with Crippen LogP contribution in [-0.2, 0) is 14.3 Å². The molecule has 1 aliphatic rings. The second-order valence-electron chi connectivity index (χ2n) is 4.65. The summed E-state index contributed by atoms with van der Waals surface area (Å²) in [6.07, 6.45) is 3.62. The Morgan fingerprint density at radius 2 is 2.05 bits per heavy atom. The van der Waals surface area contributed by atoms with Crippen molar-refractivity contribution in [2.75, 3.05) is 26.3 Å². The van der Waals surface area contributed by atoms with Crippen LogP contribution in [0.3, 0.4) is 0 Å². The Bertz CT molecular complexity index is 545. The van der Waals surface area contributed by atoms with Crippen LogP contribution < -0.4 is 5.32 Å². The van der Waals surface area contributed by atoms with Crippen molar-refractivity contribution in [1.29, 1.82) is 0 Å². The molecule has 0 saturated carbocycles. The molecule has 1 saturated heterocycles. The third kappa shape index (κ3) is 4.22. The zero-order valence-corrected chi connectivity index (χ0v) is 11.8. The van der Waals surface area contributed by atoms with E-state index in [-0.39, 0.29) is 18.0 Å². The Balaban J connectivity index is 1.96. The summed E-state index contributed by atoms with van der Waals surface area (Å²) in [6, 6.07) is -1.31. The maximum Gasteiger partial charge on any atom is 0.326 e. The van der Waals surface area contributed by atoms with E-state index < -0.39 is 17.9 Å². The number of carbonyl (C=O) groups excluding carboxylic acids is 2. The quantitative estimate of drug-likeness (QED) is 0.708. The van der Waals surface area contributed by atoms with Crippen molar-refractivity contribution in [3.05, 3.63) is 24.3 Å². The van der Waals surface area contributed by atoms with Crippen molar-refractivity contribution in [1.82, 2.24) is 20.2 Å². The summed E-state index contributed by atoms with van der Waals surface area (Å²) < 4.78 is 5.13. The average Bonchev–Trinajstić information content (AvgIpc) is 2.55. The summed E-state index contributed by atoms with van der Waals surface area (Å²) in [5.41, 5.74) is -0.00688. The molecule has 118 valence electrons. The molecule has 1 aromatic heterocycles. The number of carbonyl (C=O) groups is 3. The van der Waals surface area contributed by atoms with Gasteiger partial charge in [0.15, 0.2) is 0 Å². The van der Waals surface area contributed by atoms with Gasteiger partial charge in [-0.25, -0.2) is 9.78 Å². The van der Waals surface area contributed by atoms with Crippen molar-refractivity contribution in [3.63, 3.8) is 0 Å². The Morgan fingerprint density at radius 1 is 1.32 bits per heavy atom. The molecule has 0 spiro atoms. The minimum Gasteiger partial charge on any atom is -0.480 e. The fraction of sp³-hybridized carbons (Fsp3) is 0.462. The van der Waals surface area contributed by atoms with E-state index in [1.165, 1.54) is 23.5 Å². The van der Waals surface area contributed by atoms with Gasteiger partial charge < -0.3 is 20.1 Å². The van der Waals surface area contributed by atoms with E-state index in [4.69, 9.17) is 4.74 Å². The van der Waals surface area contributed by atoms with E-state index in [0.717, 1.165) is 0 Å². The van der Waals surface area contributed by atoms with E-state index in [2.05, 4.69) is 15.3 Å². The third-order valence-corrected chi connectivity index (χ3v) is 3.14. The van der Waals surface area contributed by atoms with Crippen molar-refractivity contribution in [3.8, 4) is 0 Å². The smallest absolute Gasteiger partial charge is 0.326 e. The molecule has 0 aromatic carbocycles. The van der Waals surface area contributed by atoms with E-state index >= 15 is 0 Å². The lowest BCUT2D eigenvalue weighted by molar-refractivity contribution is -0.144. The normalized spacial score (nSPS) is 15.9. The predicted octanol–water partition coefficient (Wildman–Crippen LogP) is -1.09. The molecule has 1 atom stereocenters. The van der Waals surface area contributed by atoms with E-state index in [1.807, 2.05) is 0 Å². The number of aromatic nitrogens is 2. The number of amides is 2. The summed E-state index contributed by atoms with van der Waals surface area (Å²) in [5, 5.41) is 11.5. The van der Waals surface area contributed by atoms with Crippen LogP contribution in [0.15, 0.2) is 18.6 Å². The number of hydrogen-bond donors (Lipinski definition) is 2. The number of nitrogens with one attached hydrogen (secondary N) is 1. The number of nitrogens with zero attached hydrogens (tertiary/aromatic N) is 3. The number of aliphatic carboxylic acids is 1. The standard InChI is InChI=1S/C13H16N4O5/c18-11(17-3-5-22-6-4-17)7-9(13(20)21)16-12(19)10-8-14-1-2-15-10/h1-2,8-9H,3-7H2,(H,16,19)(H,20,21). The van der Waals surface area contributed by atoms with Gasteiger partial charge in [0.25, 0.3) is 5.91 Å². The molecule has 1 aromatic rings. The molecule has 1 fully saturated rings. The van der Waals surface area contributed by atoms with Gasteiger partial charge in [-0.3, -0.25) is 14.6 Å². The number of hydrogen-bond acceptors (Lipinski definition) is 6. The first-order valence-electron chi connectivity index (χ1n) is 6.73. The van der Waals surface area contributed by atoms with Gasteiger partial charge in [-0.05, 0) is 0 Å². The fourth-order valence-corrected chi connectivity index (χ4v) is 1.97. The van der Waals surface area contributed by atoms with Gasteiger partial charge in [-0.1, -0.05) is 0 Å². The zero-order chi connectivity index (χ0) is 15.9. The molecular formula is C13H16N4O5. The average molecular weight is 308 g/mol.